The number of nitrogens with zero attached hydrogens (tertiary/aromatic N) is 3. The number of hydrogen-bond donors (Lipinski definition) is 0. The van der Waals surface area contributed by atoms with Crippen molar-refractivity contribution in [1.29, 1.82) is 0 Å². The number of fused-ring (bicyclic) bond motifs is 1. The smallest absolute Gasteiger partial charge is 0.229 e. The minimum atomic E-state index is -0.369. The van der Waals surface area contributed by atoms with E-state index in [4.69, 9.17) is 14.0 Å². The van der Waals surface area contributed by atoms with E-state index in [0.29, 0.717) is 42.7 Å². The first-order valence-electron chi connectivity index (χ1n) is 9.26. The Morgan fingerprint density at radius 3 is 2.54 bits per heavy atom. The van der Waals surface area contributed by atoms with E-state index in [9.17, 15) is 9.59 Å². The maximum Gasteiger partial charge on any atom is 0.229 e. The molecule has 1 saturated heterocycles. The fraction of sp³-hybridized carbons (Fsp3) is 0.450. The van der Waals surface area contributed by atoms with Crippen molar-refractivity contribution in [2.24, 2.45) is 5.92 Å². The van der Waals surface area contributed by atoms with Crippen LogP contribution in [0.3, 0.4) is 0 Å². The van der Waals surface area contributed by atoms with Crippen molar-refractivity contribution >= 4 is 17.6 Å². The van der Waals surface area contributed by atoms with Gasteiger partial charge in [-0.05, 0) is 36.6 Å². The molecule has 0 N–H and O–H groups in total. The highest BCUT2D eigenvalue weighted by Gasteiger charge is 2.39. The molecule has 2 aliphatic heterocycles. The Morgan fingerprint density at radius 2 is 1.89 bits per heavy atom. The number of aryl methyl sites for hydroxylation is 1. The molecule has 2 amide bonds. The van der Waals surface area contributed by atoms with Crippen molar-refractivity contribution in [3.05, 3.63) is 35.1 Å². The topological polar surface area (TPSA) is 85.1 Å². The third-order valence-corrected chi connectivity index (χ3v) is 5.40. The second-order valence-electron chi connectivity index (χ2n) is 7.19. The van der Waals surface area contributed by atoms with Gasteiger partial charge < -0.3 is 18.9 Å². The monoisotopic (exact) mass is 385 g/mol. The Bertz CT molecular complexity index is 923. The van der Waals surface area contributed by atoms with Gasteiger partial charge in [0, 0.05) is 32.1 Å². The Labute approximate surface area is 163 Å². The molecule has 8 heteroatoms. The Kier molecular flexibility index (Phi) is 4.70. The van der Waals surface area contributed by atoms with E-state index in [1.54, 1.807) is 27.2 Å². The molecule has 0 bridgehead atoms. The average molecular weight is 385 g/mol. The average Bonchev–Trinajstić information content (AvgIpc) is 3.31. The van der Waals surface area contributed by atoms with Crippen molar-refractivity contribution in [1.82, 2.24) is 10.1 Å². The number of methoxy groups -OCH3 is 2. The predicted molar refractivity (Wildman–Crippen MR) is 100 cm³/mol. The zero-order chi connectivity index (χ0) is 19.8. The summed E-state index contributed by atoms with van der Waals surface area (Å²) in [6.45, 7) is 3.23. The predicted octanol–water partition coefficient (Wildman–Crippen LogP) is 1.94. The van der Waals surface area contributed by atoms with E-state index in [2.05, 4.69) is 5.16 Å². The molecule has 1 aromatic heterocycles. The number of aromatic nitrogens is 1. The van der Waals surface area contributed by atoms with Crippen LogP contribution in [-0.2, 0) is 22.6 Å². The van der Waals surface area contributed by atoms with Gasteiger partial charge in [-0.1, -0.05) is 5.16 Å². The number of carbonyl (C=O) groups excluding carboxylic acids is 2. The molecule has 0 spiro atoms. The van der Waals surface area contributed by atoms with Crippen molar-refractivity contribution in [3.8, 4) is 11.5 Å². The van der Waals surface area contributed by atoms with Crippen molar-refractivity contribution in [2.75, 3.05) is 32.2 Å². The molecule has 1 aromatic carbocycles. The second kappa shape index (κ2) is 7.18. The van der Waals surface area contributed by atoms with Gasteiger partial charge in [-0.2, -0.15) is 0 Å². The summed E-state index contributed by atoms with van der Waals surface area (Å²) >= 11 is 0. The van der Waals surface area contributed by atoms with Crippen LogP contribution in [0.25, 0.3) is 0 Å². The molecule has 1 fully saturated rings. The third-order valence-electron chi connectivity index (χ3n) is 5.40. The summed E-state index contributed by atoms with van der Waals surface area (Å²) in [6.07, 6.45) is 0.939. The van der Waals surface area contributed by atoms with Gasteiger partial charge in [0.15, 0.2) is 17.3 Å². The van der Waals surface area contributed by atoms with Gasteiger partial charge >= 0.3 is 0 Å². The van der Waals surface area contributed by atoms with Crippen LogP contribution in [0.4, 0.5) is 5.82 Å². The van der Waals surface area contributed by atoms with Crippen LogP contribution >= 0.6 is 0 Å². The van der Waals surface area contributed by atoms with E-state index >= 15 is 0 Å². The first-order valence-corrected chi connectivity index (χ1v) is 9.26. The van der Waals surface area contributed by atoms with Crippen LogP contribution in [-0.4, -0.2) is 49.2 Å². The van der Waals surface area contributed by atoms with Gasteiger partial charge in [-0.25, -0.2) is 0 Å². The highest BCUT2D eigenvalue weighted by atomic mass is 16.5. The van der Waals surface area contributed by atoms with E-state index in [0.717, 1.165) is 17.5 Å². The lowest BCUT2D eigenvalue weighted by atomic mass is 9.97. The lowest BCUT2D eigenvalue weighted by Gasteiger charge is -2.31. The van der Waals surface area contributed by atoms with E-state index in [1.807, 2.05) is 17.0 Å². The van der Waals surface area contributed by atoms with Crippen molar-refractivity contribution < 1.29 is 23.6 Å². The summed E-state index contributed by atoms with van der Waals surface area (Å²) in [4.78, 5) is 28.8. The molecule has 0 saturated carbocycles. The highest BCUT2D eigenvalue weighted by molar-refractivity contribution is 5.99. The van der Waals surface area contributed by atoms with Crippen LogP contribution < -0.4 is 14.4 Å². The number of hydrogen-bond acceptors (Lipinski definition) is 6. The number of amides is 2. The molecule has 2 aliphatic rings. The van der Waals surface area contributed by atoms with Gasteiger partial charge in [-0.15, -0.1) is 0 Å². The SMILES string of the molecule is COc1cc2c(cc1OC)CN(C(=O)C1CC(=O)N(c3cc(C)on3)C1)CC2. The first-order chi connectivity index (χ1) is 13.5. The lowest BCUT2D eigenvalue weighted by molar-refractivity contribution is -0.136. The van der Waals surface area contributed by atoms with Gasteiger partial charge in [0.1, 0.15) is 5.76 Å². The zero-order valence-corrected chi connectivity index (χ0v) is 16.2. The molecular weight excluding hydrogens is 362 g/mol. The molecule has 8 nitrogen and oxygen atoms in total. The Morgan fingerprint density at radius 1 is 1.18 bits per heavy atom. The summed E-state index contributed by atoms with van der Waals surface area (Å²) in [5.41, 5.74) is 2.20. The highest BCUT2D eigenvalue weighted by Crippen LogP contribution is 2.34. The molecule has 1 unspecified atom stereocenters. The molecule has 4 rings (SSSR count). The minimum Gasteiger partial charge on any atom is -0.493 e. The summed E-state index contributed by atoms with van der Waals surface area (Å²) in [6, 6.07) is 5.61. The summed E-state index contributed by atoms with van der Waals surface area (Å²) in [5.74, 6) is 1.98. The summed E-state index contributed by atoms with van der Waals surface area (Å²) < 4.78 is 15.8. The van der Waals surface area contributed by atoms with Crippen LogP contribution in [0.15, 0.2) is 22.7 Å². The van der Waals surface area contributed by atoms with Crippen molar-refractivity contribution in [2.45, 2.75) is 26.3 Å². The Balaban J connectivity index is 1.49. The van der Waals surface area contributed by atoms with Crippen LogP contribution in [0.1, 0.15) is 23.3 Å². The van der Waals surface area contributed by atoms with E-state index in [1.165, 1.54) is 4.90 Å². The van der Waals surface area contributed by atoms with Gasteiger partial charge in [-0.3, -0.25) is 14.5 Å². The third kappa shape index (κ3) is 3.19. The molecule has 0 aliphatic carbocycles. The zero-order valence-electron chi connectivity index (χ0n) is 16.2. The van der Waals surface area contributed by atoms with Gasteiger partial charge in [0.05, 0.1) is 20.1 Å². The quantitative estimate of drug-likeness (QED) is 0.800. The standard InChI is InChI=1S/C20H23N3O5/c1-12-6-18(21-28-12)23-11-15(9-19(23)24)20(25)22-5-4-13-7-16(26-2)17(27-3)8-14(13)10-22/h6-8,15H,4-5,9-11H2,1-3H3. The molecule has 3 heterocycles. The van der Waals surface area contributed by atoms with Crippen molar-refractivity contribution in [3.63, 3.8) is 0 Å². The van der Waals surface area contributed by atoms with Crippen LogP contribution in [0.5, 0.6) is 11.5 Å². The first kappa shape index (κ1) is 18.3. The molecule has 2 aromatic rings. The normalized spacial score (nSPS) is 19.0. The number of rotatable bonds is 4. The number of anilines is 1. The molecule has 148 valence electrons. The largest absolute Gasteiger partial charge is 0.493 e. The Hall–Kier alpha value is -3.03. The minimum absolute atomic E-state index is 0.00324. The number of carbonyl (C=O) groups is 2. The maximum absolute atomic E-state index is 13.1. The fourth-order valence-corrected chi connectivity index (χ4v) is 3.90. The fourth-order valence-electron chi connectivity index (χ4n) is 3.90. The molecule has 0 radical (unpaired) electrons. The summed E-state index contributed by atoms with van der Waals surface area (Å²) in [5, 5.41) is 3.90. The number of benzene rings is 1. The summed E-state index contributed by atoms with van der Waals surface area (Å²) in [7, 11) is 3.21. The van der Waals surface area contributed by atoms with Crippen LogP contribution in [0, 0.1) is 12.8 Å². The number of ether oxygens (including phenoxy) is 2. The molecule has 1 atom stereocenters. The van der Waals surface area contributed by atoms with Gasteiger partial charge in [0.2, 0.25) is 11.8 Å². The lowest BCUT2D eigenvalue weighted by Crippen LogP contribution is -2.40. The van der Waals surface area contributed by atoms with Gasteiger partial charge in [0.25, 0.3) is 0 Å². The molecule has 28 heavy (non-hydrogen) atoms. The second-order valence-corrected chi connectivity index (χ2v) is 7.19. The molecular formula is C20H23N3O5. The van der Waals surface area contributed by atoms with E-state index < -0.39 is 0 Å². The van der Waals surface area contributed by atoms with Crippen LogP contribution in [0.2, 0.25) is 0 Å². The van der Waals surface area contributed by atoms with E-state index in [-0.39, 0.29) is 24.2 Å². The maximum atomic E-state index is 13.1.